The number of halogens is 1. The summed E-state index contributed by atoms with van der Waals surface area (Å²) in [5, 5.41) is 0. The quantitative estimate of drug-likeness (QED) is 0.783. The molecule has 2 aromatic carbocycles. The van der Waals surface area contributed by atoms with Crippen molar-refractivity contribution in [1.29, 1.82) is 0 Å². The molecule has 3 rings (SSSR count). The lowest BCUT2D eigenvalue weighted by Gasteiger charge is -2.23. The Labute approximate surface area is 162 Å². The maximum Gasteiger partial charge on any atom is 0.264 e. The number of nitrogens with zero attached hydrogens (tertiary/aromatic N) is 1. The van der Waals surface area contributed by atoms with Gasteiger partial charge in [0.2, 0.25) is 5.91 Å². The van der Waals surface area contributed by atoms with Gasteiger partial charge in [-0.15, -0.1) is 0 Å². The zero-order valence-corrected chi connectivity index (χ0v) is 17.3. The first-order valence-electron chi connectivity index (χ1n) is 8.47. The monoisotopic (exact) mass is 436 g/mol. The first-order chi connectivity index (χ1) is 12.2. The summed E-state index contributed by atoms with van der Waals surface area (Å²) in [6.07, 6.45) is 1.51. The van der Waals surface area contributed by atoms with E-state index in [1.54, 1.807) is 23.1 Å². The fourth-order valence-corrected chi connectivity index (χ4v) is 5.36. The van der Waals surface area contributed by atoms with Crippen LogP contribution in [0.1, 0.15) is 31.9 Å². The number of amides is 1. The average molecular weight is 437 g/mol. The molecule has 7 heteroatoms. The van der Waals surface area contributed by atoms with Crippen molar-refractivity contribution in [2.24, 2.45) is 0 Å². The molecule has 138 valence electrons. The van der Waals surface area contributed by atoms with E-state index in [1.807, 2.05) is 32.0 Å². The third kappa shape index (κ3) is 3.50. The normalized spacial score (nSPS) is 16.5. The fourth-order valence-electron chi connectivity index (χ4n) is 3.38. The van der Waals surface area contributed by atoms with Gasteiger partial charge in [-0.05, 0) is 55.2 Å². The molecule has 0 saturated carbocycles. The van der Waals surface area contributed by atoms with Crippen LogP contribution in [0.15, 0.2) is 45.8 Å². The molecule has 0 radical (unpaired) electrons. The summed E-state index contributed by atoms with van der Waals surface area (Å²) in [7, 11) is -3.84. The lowest BCUT2D eigenvalue weighted by Crippen LogP contribution is -2.34. The van der Waals surface area contributed by atoms with Crippen molar-refractivity contribution >= 4 is 43.2 Å². The summed E-state index contributed by atoms with van der Waals surface area (Å²) >= 11 is 3.39. The van der Waals surface area contributed by atoms with Crippen LogP contribution >= 0.6 is 15.9 Å². The second kappa shape index (κ2) is 7.04. The standard InChI is InChI=1S/C19H21BrN2O3S/c1-4-14-5-7-17(8-6-14)21-26(24,25)18-11-16(20)10-15-9-12(2)22(13(3)23)19(15)18/h5-8,10-12,21H,4,9H2,1-3H3/t12-/m0/s1. The Morgan fingerprint density at radius 2 is 1.92 bits per heavy atom. The van der Waals surface area contributed by atoms with Crippen LogP contribution in [0.3, 0.4) is 0 Å². The second-order valence-electron chi connectivity index (χ2n) is 6.51. The molecular weight excluding hydrogens is 416 g/mol. The number of rotatable bonds is 4. The van der Waals surface area contributed by atoms with Crippen molar-refractivity contribution in [2.45, 2.75) is 44.6 Å². The highest BCUT2D eigenvalue weighted by molar-refractivity contribution is 9.10. The molecule has 0 bridgehead atoms. The van der Waals surface area contributed by atoms with Gasteiger partial charge in [0.15, 0.2) is 0 Å². The van der Waals surface area contributed by atoms with Gasteiger partial charge >= 0.3 is 0 Å². The fraction of sp³-hybridized carbons (Fsp3) is 0.316. The Bertz CT molecular complexity index is 955. The smallest absolute Gasteiger partial charge is 0.264 e. The molecule has 0 saturated heterocycles. The van der Waals surface area contributed by atoms with Gasteiger partial charge in [0.05, 0.1) is 5.69 Å². The summed E-state index contributed by atoms with van der Waals surface area (Å²) in [6.45, 7) is 5.42. The summed E-state index contributed by atoms with van der Waals surface area (Å²) < 4.78 is 29.5. The third-order valence-electron chi connectivity index (χ3n) is 4.56. The average Bonchev–Trinajstić information content (AvgIpc) is 2.90. The molecule has 26 heavy (non-hydrogen) atoms. The van der Waals surface area contributed by atoms with Crippen molar-refractivity contribution in [1.82, 2.24) is 0 Å². The highest BCUT2D eigenvalue weighted by Crippen LogP contribution is 2.40. The number of benzene rings is 2. The van der Waals surface area contributed by atoms with Gasteiger partial charge in [-0.2, -0.15) is 0 Å². The highest BCUT2D eigenvalue weighted by atomic mass is 79.9. The highest BCUT2D eigenvalue weighted by Gasteiger charge is 2.35. The number of carbonyl (C=O) groups excluding carboxylic acids is 1. The molecule has 0 unspecified atom stereocenters. The number of aryl methyl sites for hydroxylation is 1. The number of carbonyl (C=O) groups is 1. The molecule has 1 N–H and O–H groups in total. The van der Waals surface area contributed by atoms with Crippen molar-refractivity contribution in [2.75, 3.05) is 9.62 Å². The third-order valence-corrected chi connectivity index (χ3v) is 6.41. The maximum atomic E-state index is 13.1. The number of sulfonamides is 1. The van der Waals surface area contributed by atoms with E-state index in [0.717, 1.165) is 17.5 Å². The zero-order valence-electron chi connectivity index (χ0n) is 14.9. The van der Waals surface area contributed by atoms with Gasteiger partial charge < -0.3 is 4.90 Å². The molecule has 5 nitrogen and oxygen atoms in total. The van der Waals surface area contributed by atoms with Gasteiger partial charge in [-0.25, -0.2) is 8.42 Å². The summed E-state index contributed by atoms with van der Waals surface area (Å²) in [5.41, 5.74) is 2.96. The summed E-state index contributed by atoms with van der Waals surface area (Å²) in [6, 6.07) is 10.6. The van der Waals surface area contributed by atoms with Gasteiger partial charge in [-0.1, -0.05) is 35.0 Å². The van der Waals surface area contributed by atoms with Crippen molar-refractivity contribution in [3.63, 3.8) is 0 Å². The van der Waals surface area contributed by atoms with Crippen LogP contribution in [0, 0.1) is 0 Å². The minimum Gasteiger partial charge on any atom is -0.308 e. The Kier molecular flexibility index (Phi) is 5.12. The number of hydrogen-bond acceptors (Lipinski definition) is 3. The first kappa shape index (κ1) is 18.9. The molecule has 1 aliphatic heterocycles. The number of nitrogens with one attached hydrogen (secondary N) is 1. The Hall–Kier alpha value is -1.86. The van der Waals surface area contributed by atoms with Crippen LogP contribution in [0.4, 0.5) is 11.4 Å². The molecule has 1 aliphatic rings. The predicted molar refractivity (Wildman–Crippen MR) is 107 cm³/mol. The van der Waals surface area contributed by atoms with Crippen molar-refractivity contribution in [3.8, 4) is 0 Å². The molecule has 0 spiro atoms. The van der Waals surface area contributed by atoms with Crippen molar-refractivity contribution < 1.29 is 13.2 Å². The van der Waals surface area contributed by atoms with Crippen LogP contribution in [-0.4, -0.2) is 20.4 Å². The molecule has 1 atom stereocenters. The Balaban J connectivity index is 2.06. The van der Waals surface area contributed by atoms with Crippen LogP contribution in [0.2, 0.25) is 0 Å². The maximum absolute atomic E-state index is 13.1. The number of fused-ring (bicyclic) bond motifs is 1. The summed E-state index contributed by atoms with van der Waals surface area (Å²) in [4.78, 5) is 13.8. The summed E-state index contributed by atoms with van der Waals surface area (Å²) in [5.74, 6) is -0.165. The van der Waals surface area contributed by atoms with Gasteiger partial charge in [-0.3, -0.25) is 9.52 Å². The Morgan fingerprint density at radius 3 is 2.50 bits per heavy atom. The van der Waals surface area contributed by atoms with E-state index in [9.17, 15) is 13.2 Å². The van der Waals surface area contributed by atoms with Gasteiger partial charge in [0.1, 0.15) is 4.90 Å². The number of anilines is 2. The van der Waals surface area contributed by atoms with Crippen LogP contribution < -0.4 is 9.62 Å². The molecule has 1 amide bonds. The molecule has 0 aromatic heterocycles. The topological polar surface area (TPSA) is 66.5 Å². The van der Waals surface area contributed by atoms with E-state index in [4.69, 9.17) is 0 Å². The van der Waals surface area contributed by atoms with Gasteiger partial charge in [0, 0.05) is 23.1 Å². The van der Waals surface area contributed by atoms with E-state index in [-0.39, 0.29) is 16.8 Å². The second-order valence-corrected chi connectivity index (χ2v) is 9.08. The Morgan fingerprint density at radius 1 is 1.27 bits per heavy atom. The first-order valence-corrected chi connectivity index (χ1v) is 10.7. The van der Waals surface area contributed by atoms with E-state index in [1.165, 1.54) is 6.92 Å². The van der Waals surface area contributed by atoms with Crippen molar-refractivity contribution in [3.05, 3.63) is 52.0 Å². The lowest BCUT2D eigenvalue weighted by molar-refractivity contribution is -0.116. The SMILES string of the molecule is CCc1ccc(NS(=O)(=O)c2cc(Br)cc3c2N(C(C)=O)[C@@H](C)C3)cc1. The molecule has 1 heterocycles. The minimum atomic E-state index is -3.84. The van der Waals surface area contributed by atoms with Crippen LogP contribution in [0.25, 0.3) is 0 Å². The predicted octanol–water partition coefficient (Wildman–Crippen LogP) is 4.11. The van der Waals surface area contributed by atoms with E-state index >= 15 is 0 Å². The van der Waals surface area contributed by atoms with E-state index in [0.29, 0.717) is 22.3 Å². The van der Waals surface area contributed by atoms with E-state index < -0.39 is 10.0 Å². The molecule has 2 aromatic rings. The largest absolute Gasteiger partial charge is 0.308 e. The minimum absolute atomic E-state index is 0.0745. The lowest BCUT2D eigenvalue weighted by atomic mass is 10.1. The zero-order chi connectivity index (χ0) is 19.1. The molecule has 0 aliphatic carbocycles. The van der Waals surface area contributed by atoms with Gasteiger partial charge in [0.25, 0.3) is 10.0 Å². The molecule has 0 fully saturated rings. The molecular formula is C19H21BrN2O3S. The van der Waals surface area contributed by atoms with Crippen LogP contribution in [0.5, 0.6) is 0 Å². The number of hydrogen-bond donors (Lipinski definition) is 1. The van der Waals surface area contributed by atoms with Crippen LogP contribution in [-0.2, 0) is 27.7 Å². The van der Waals surface area contributed by atoms with E-state index in [2.05, 4.69) is 20.7 Å².